The van der Waals surface area contributed by atoms with Crippen molar-refractivity contribution in [2.75, 3.05) is 0 Å². The topological polar surface area (TPSA) is 17.1 Å². The molecule has 0 saturated carbocycles. The Balaban J connectivity index is -0.00000000500. The predicted molar refractivity (Wildman–Crippen MR) is 0.686 cm³/mol. The third-order valence-electron chi connectivity index (χ3n) is 0. The van der Waals surface area contributed by atoms with Crippen LogP contribution in [0.3, 0.4) is 0 Å². The molecule has 0 aromatic heterocycles. The molecule has 4 heavy (non-hydrogen) atoms. The molecule has 0 spiro atoms. The van der Waals surface area contributed by atoms with E-state index in [1.54, 1.807) is 15.9 Å². The Kier molecular flexibility index (Phi) is 93.0. The van der Waals surface area contributed by atoms with Gasteiger partial charge in [0.2, 0.25) is 0 Å². The minimum absolute atomic E-state index is 0. The summed E-state index contributed by atoms with van der Waals surface area (Å²) in [4.78, 5) is 0. The second-order valence-electron chi connectivity index (χ2n) is 0. The maximum atomic E-state index is 8.06. The molecule has 0 aliphatic heterocycles. The molecule has 0 atom stereocenters. The van der Waals surface area contributed by atoms with Gasteiger partial charge in [0, 0.05) is 44.4 Å². The van der Waals surface area contributed by atoms with Gasteiger partial charge in [-0.1, -0.05) is 0 Å². The average Bonchev–Trinajstić information content (AvgIpc) is 1.00. The van der Waals surface area contributed by atoms with Gasteiger partial charge in [-0.3, -0.25) is 0 Å². The van der Waals surface area contributed by atoms with Crippen molar-refractivity contribution in [3.8, 4) is 0 Å². The summed E-state index contributed by atoms with van der Waals surface area (Å²) >= 11 is 1.69. The number of hydrogen-bond acceptors (Lipinski definition) is 1. The van der Waals surface area contributed by atoms with Gasteiger partial charge in [0.1, 0.15) is 0 Å². The van der Waals surface area contributed by atoms with Crippen molar-refractivity contribution in [1.29, 1.82) is 0 Å². The van der Waals surface area contributed by atoms with Crippen molar-refractivity contribution >= 4 is 0 Å². The molecule has 4 heteroatoms. The van der Waals surface area contributed by atoms with Crippen molar-refractivity contribution in [1.82, 2.24) is 0 Å². The van der Waals surface area contributed by atoms with Crippen LogP contribution < -0.4 is 0 Å². The summed E-state index contributed by atoms with van der Waals surface area (Å²) in [7, 11) is 0. The van der Waals surface area contributed by atoms with Gasteiger partial charge in [0.15, 0.2) is 0 Å². The summed E-state index contributed by atoms with van der Waals surface area (Å²) < 4.78 is 8.06. The Morgan fingerprint density at radius 3 is 1.25 bits per heavy atom. The fourth-order valence-electron chi connectivity index (χ4n) is 0. The van der Waals surface area contributed by atoms with E-state index in [0.717, 1.165) is 0 Å². The van der Waals surface area contributed by atoms with Gasteiger partial charge in [0.25, 0.3) is 0 Å². The van der Waals surface area contributed by atoms with E-state index in [1.165, 1.54) is 0 Å². The van der Waals surface area contributed by atoms with Crippen molar-refractivity contribution in [2.24, 2.45) is 0 Å². The molecule has 0 aliphatic rings. The van der Waals surface area contributed by atoms with Gasteiger partial charge in [-0.2, -0.15) is 0 Å². The van der Waals surface area contributed by atoms with Crippen LogP contribution in [0.1, 0.15) is 0 Å². The van der Waals surface area contributed by atoms with Crippen molar-refractivity contribution in [3.63, 3.8) is 0 Å². The van der Waals surface area contributed by atoms with Gasteiger partial charge < -0.3 is 0 Å². The van der Waals surface area contributed by atoms with Crippen LogP contribution in [-0.2, 0) is 64.1 Å². The first-order valence-electron chi connectivity index (χ1n) is 0.154. The summed E-state index contributed by atoms with van der Waals surface area (Å²) in [6.45, 7) is 0. The molecule has 0 aliphatic carbocycles. The molecule has 0 N–H and O–H groups in total. The van der Waals surface area contributed by atoms with E-state index >= 15 is 0 Å². The molecular weight excluding hydrogens is 247 g/mol. The van der Waals surface area contributed by atoms with E-state index < -0.39 is 0 Å². The first-order valence-corrected chi connectivity index (χ1v) is 0.636. The second-order valence-corrected chi connectivity index (χ2v) is 0. The normalized spacial score (nSPS) is 1.00. The molecule has 0 fully saturated rings. The average molecular weight is 247 g/mol. The van der Waals surface area contributed by atoms with Crippen molar-refractivity contribution < 1.29 is 64.1 Å². The minimum atomic E-state index is 0. The van der Waals surface area contributed by atoms with Crippen LogP contribution in [0.5, 0.6) is 0 Å². The first-order chi connectivity index (χ1) is 1.00. The van der Waals surface area contributed by atoms with Gasteiger partial charge in [-0.15, -0.1) is 0 Å². The van der Waals surface area contributed by atoms with Gasteiger partial charge in [-0.05, 0) is 0 Å². The van der Waals surface area contributed by atoms with Gasteiger partial charge >= 0.3 is 19.8 Å². The third kappa shape index (κ3) is 9.25. The van der Waals surface area contributed by atoms with Crippen LogP contribution >= 0.6 is 0 Å². The van der Waals surface area contributed by atoms with Crippen molar-refractivity contribution in [3.05, 3.63) is 0 Å². The maximum absolute atomic E-state index is 8.06. The van der Waals surface area contributed by atoms with Crippen LogP contribution in [0, 0.1) is 0 Å². The molecule has 0 bridgehead atoms. The van der Waals surface area contributed by atoms with E-state index in [1.807, 2.05) is 0 Å². The monoisotopic (exact) mass is 248 g/mol. The van der Waals surface area contributed by atoms with Crippen LogP contribution in [0.25, 0.3) is 0 Å². The molecule has 26 valence electrons. The van der Waals surface area contributed by atoms with E-state index in [-0.39, 0.29) is 44.4 Å². The first kappa shape index (κ1) is 17.1. The van der Waals surface area contributed by atoms with E-state index in [2.05, 4.69) is 0 Å². The number of hydrogen-bond donors (Lipinski definition) is 0. The van der Waals surface area contributed by atoms with Crippen LogP contribution in [0.15, 0.2) is 0 Å². The Labute approximate surface area is 63.6 Å². The van der Waals surface area contributed by atoms with Crippen LogP contribution in [-0.4, -0.2) is 0 Å². The van der Waals surface area contributed by atoms with Gasteiger partial charge in [-0.25, -0.2) is 0 Å². The standard InChI is InChI=1S/Cd.Cu.Mn.O. The zero-order valence-electron chi connectivity index (χ0n) is 1.79. The molecule has 1 radical (unpaired) electrons. The quantitative estimate of drug-likeness (QED) is 0.545. The molecule has 0 heterocycles. The summed E-state index contributed by atoms with van der Waals surface area (Å²) in [5, 5.41) is 0. The molecule has 0 aromatic rings. The van der Waals surface area contributed by atoms with Gasteiger partial charge in [0.05, 0.1) is 0 Å². The van der Waals surface area contributed by atoms with E-state index in [0.29, 0.717) is 0 Å². The summed E-state index contributed by atoms with van der Waals surface area (Å²) in [5.41, 5.74) is 0. The Hall–Kier alpha value is 1.76. The zero-order valence-corrected chi connectivity index (χ0v) is 7.95. The van der Waals surface area contributed by atoms with Crippen LogP contribution in [0.4, 0.5) is 0 Å². The third-order valence-corrected chi connectivity index (χ3v) is 0. The fourth-order valence-corrected chi connectivity index (χ4v) is 0. The number of rotatable bonds is 0. The fraction of sp³-hybridized carbons (Fsp3) is 0. The SMILES string of the molecule is [Cd].[Cu].[O]=[Mn]. The molecule has 0 saturated heterocycles. The Morgan fingerprint density at radius 1 is 1.25 bits per heavy atom. The zero-order chi connectivity index (χ0) is 2.00. The molecule has 0 amide bonds. The summed E-state index contributed by atoms with van der Waals surface area (Å²) in [5.74, 6) is 0. The van der Waals surface area contributed by atoms with E-state index in [9.17, 15) is 0 Å². The molecule has 0 rings (SSSR count). The summed E-state index contributed by atoms with van der Waals surface area (Å²) in [6, 6.07) is 0. The molecule has 0 unspecified atom stereocenters. The Bertz CT molecular complexity index is 8.00. The van der Waals surface area contributed by atoms with Crippen LogP contribution in [0.2, 0.25) is 0 Å². The molecular formula is CdCuMnO. The van der Waals surface area contributed by atoms with E-state index in [4.69, 9.17) is 3.83 Å². The molecule has 1 nitrogen and oxygen atoms in total. The Morgan fingerprint density at radius 2 is 1.25 bits per heavy atom. The second kappa shape index (κ2) is 21.7. The van der Waals surface area contributed by atoms with Crippen molar-refractivity contribution in [2.45, 2.75) is 0 Å². The predicted octanol–water partition coefficient (Wildman–Crippen LogP) is -0.126. The molecule has 0 aromatic carbocycles. The summed E-state index contributed by atoms with van der Waals surface area (Å²) in [6.07, 6.45) is 0.